The van der Waals surface area contributed by atoms with Gasteiger partial charge in [0.1, 0.15) is 5.83 Å². The van der Waals surface area contributed by atoms with Gasteiger partial charge < -0.3 is 9.80 Å². The van der Waals surface area contributed by atoms with Crippen molar-refractivity contribution in [3.05, 3.63) is 377 Å². The van der Waals surface area contributed by atoms with Crippen molar-refractivity contribution in [1.29, 1.82) is 0 Å². The molecule has 2 nitrogen and oxygen atoms in total. The number of fused-ring (bicyclic) bond motifs is 8. The predicted octanol–water partition coefficient (Wildman–Crippen LogP) is 25.3. The van der Waals surface area contributed by atoms with Crippen LogP contribution in [-0.4, -0.2) is 6.17 Å². The lowest BCUT2D eigenvalue weighted by Gasteiger charge is -2.42. The second-order valence-corrected chi connectivity index (χ2v) is 25.8. The lowest BCUT2D eigenvalue weighted by molar-refractivity contribution is 0.150. The zero-order valence-corrected chi connectivity index (χ0v) is 53.5. The van der Waals surface area contributed by atoms with Crippen LogP contribution in [0.15, 0.2) is 308 Å². The number of nitrogens with zero attached hydrogens (tertiary/aromatic N) is 2. The van der Waals surface area contributed by atoms with Crippen LogP contribution in [0.3, 0.4) is 0 Å². The first-order valence-electron chi connectivity index (χ1n) is 32.9. The molecule has 0 bridgehead atoms. The number of alkyl halides is 1. The summed E-state index contributed by atoms with van der Waals surface area (Å²) < 4.78 is 163. The highest BCUT2D eigenvalue weighted by molar-refractivity contribution is 6.13. The number of anilines is 6. The summed E-state index contributed by atoms with van der Waals surface area (Å²) in [5.41, 5.74) is 7.84. The minimum atomic E-state index is -2.91. The Labute approximate surface area is 571 Å². The molecule has 0 spiro atoms. The normalized spacial score (nSPS) is 18.3. The van der Waals surface area contributed by atoms with Crippen molar-refractivity contribution < 1.29 is 43.9 Å². The Hall–Kier alpha value is -11.5. The third-order valence-corrected chi connectivity index (χ3v) is 20.7. The maximum absolute atomic E-state index is 17.2. The molecule has 0 heterocycles. The maximum Gasteiger partial charge on any atom is 0.200 e. The molecule has 0 aromatic heterocycles. The van der Waals surface area contributed by atoms with Crippen LogP contribution in [-0.2, 0) is 17.3 Å². The van der Waals surface area contributed by atoms with Crippen molar-refractivity contribution >= 4 is 61.7 Å². The van der Waals surface area contributed by atoms with Crippen LogP contribution >= 0.6 is 0 Å². The van der Waals surface area contributed by atoms with Crippen LogP contribution in [0.2, 0.25) is 0 Å². The molecule has 0 radical (unpaired) electrons. The van der Waals surface area contributed by atoms with E-state index in [1.54, 1.807) is 72.8 Å². The van der Waals surface area contributed by atoms with E-state index < -0.39 is 80.9 Å². The van der Waals surface area contributed by atoms with E-state index in [4.69, 9.17) is 0 Å². The summed E-state index contributed by atoms with van der Waals surface area (Å²) in [6.45, 7) is 7.80. The molecule has 12 heteroatoms. The zero-order chi connectivity index (χ0) is 68.9. The van der Waals surface area contributed by atoms with Gasteiger partial charge in [-0.3, -0.25) is 0 Å². The van der Waals surface area contributed by atoms with Crippen LogP contribution in [0.1, 0.15) is 58.2 Å². The predicted molar refractivity (Wildman–Crippen MR) is 381 cm³/mol. The fourth-order valence-corrected chi connectivity index (χ4v) is 16.3. The molecule has 4 unspecified atom stereocenters. The van der Waals surface area contributed by atoms with Crippen LogP contribution < -0.4 is 9.80 Å². The first kappa shape index (κ1) is 63.3. The number of hydrogen-bond acceptors (Lipinski definition) is 2. The Bertz CT molecular complexity index is 5490. The van der Waals surface area contributed by atoms with E-state index in [9.17, 15) is 0 Å². The molecule has 16 rings (SSSR count). The molecule has 4 aliphatic carbocycles. The standard InChI is InChI=1S/C88H58F10N2/c1-3-51-31-35-53(36-32-51)49-87(75-77(89)81(93)85(97)82(94)78(75)90)69-29-17-15-25-63(69)65-41-39-57(47-71(65)87)99(55-19-7-5-8-20-55)73-45-43-61(59-23-11-13-27-67(59)73)62-44-46-74(68-28-14-12-24-60(62)68)100(56-21-9-6-10-22-56)58-40-42-66-64-26-16-18-30-70(64)88(72(66)48-58,50-54-37-33-52(4-2)34-38-54)76-79(91)83(95)86(98)84(96)80(76)92/h3-33,35-37,39-48,75,77H,1-2,34,38,49-50H2. The fraction of sp³-hybridized carbons (Fsp3) is 0.0909. The van der Waals surface area contributed by atoms with Crippen LogP contribution in [0.4, 0.5) is 78.0 Å². The minimum Gasteiger partial charge on any atom is -0.310 e. The van der Waals surface area contributed by atoms with Gasteiger partial charge in [0.25, 0.3) is 0 Å². The molecule has 0 aliphatic heterocycles. The van der Waals surface area contributed by atoms with E-state index in [-0.39, 0.29) is 12.8 Å². The Morgan fingerprint density at radius 2 is 0.840 bits per heavy atom. The van der Waals surface area contributed by atoms with E-state index in [0.29, 0.717) is 97.0 Å². The van der Waals surface area contributed by atoms with Crippen molar-refractivity contribution in [3.8, 4) is 33.4 Å². The monoisotopic (exact) mass is 1330 g/mol. The second-order valence-electron chi connectivity index (χ2n) is 25.8. The average Bonchev–Trinajstić information content (AvgIpc) is 1.52. The van der Waals surface area contributed by atoms with Crippen molar-refractivity contribution in [2.45, 2.75) is 42.7 Å². The number of benzene rings is 12. The van der Waals surface area contributed by atoms with Gasteiger partial charge in [-0.15, -0.1) is 0 Å². The van der Waals surface area contributed by atoms with Crippen molar-refractivity contribution in [2.75, 3.05) is 9.80 Å². The van der Waals surface area contributed by atoms with Crippen LogP contribution in [0.5, 0.6) is 0 Å². The van der Waals surface area contributed by atoms with Gasteiger partial charge in [-0.1, -0.05) is 225 Å². The number of halogens is 10. The van der Waals surface area contributed by atoms with Gasteiger partial charge in [0.2, 0.25) is 5.82 Å². The van der Waals surface area contributed by atoms with E-state index in [0.717, 1.165) is 49.4 Å². The summed E-state index contributed by atoms with van der Waals surface area (Å²) in [7, 11) is 0. The number of rotatable bonds is 15. The van der Waals surface area contributed by atoms with Gasteiger partial charge in [-0.2, -0.15) is 0 Å². The molecule has 4 aliphatic rings. The topological polar surface area (TPSA) is 6.48 Å². The van der Waals surface area contributed by atoms with E-state index in [2.05, 4.69) is 13.2 Å². The molecule has 490 valence electrons. The molecule has 0 saturated carbocycles. The average molecular weight is 1330 g/mol. The van der Waals surface area contributed by atoms with Crippen LogP contribution in [0, 0.1) is 35.0 Å². The Morgan fingerprint density at radius 3 is 1.38 bits per heavy atom. The highest BCUT2D eigenvalue weighted by Gasteiger charge is 2.58. The summed E-state index contributed by atoms with van der Waals surface area (Å²) in [5.74, 6) is -20.3. The zero-order valence-electron chi connectivity index (χ0n) is 53.5. The molecular formula is C88H58F10N2. The van der Waals surface area contributed by atoms with E-state index in [1.807, 2.05) is 204 Å². The first-order chi connectivity index (χ1) is 48.7. The molecule has 100 heavy (non-hydrogen) atoms. The molecule has 0 saturated heterocycles. The number of hydrogen-bond donors (Lipinski definition) is 0. The van der Waals surface area contributed by atoms with Gasteiger partial charge in [0.15, 0.2) is 46.9 Å². The highest BCUT2D eigenvalue weighted by atomic mass is 19.2. The second kappa shape index (κ2) is 24.8. The number of allylic oxidation sites excluding steroid dienone is 9. The van der Waals surface area contributed by atoms with E-state index in [1.165, 1.54) is 0 Å². The molecule has 12 aromatic rings. The van der Waals surface area contributed by atoms with Gasteiger partial charge >= 0.3 is 0 Å². The Kier molecular flexibility index (Phi) is 15.7. The van der Waals surface area contributed by atoms with Gasteiger partial charge in [-0.05, 0) is 169 Å². The highest BCUT2D eigenvalue weighted by Crippen LogP contribution is 2.63. The number of para-hydroxylation sites is 2. The Balaban J connectivity index is 0.864. The molecule has 0 amide bonds. The van der Waals surface area contributed by atoms with Gasteiger partial charge in [-0.25, -0.2) is 43.9 Å². The maximum atomic E-state index is 17.2. The first-order valence-corrected chi connectivity index (χ1v) is 32.9. The molecule has 0 fully saturated rings. The molecule has 0 N–H and O–H groups in total. The molecule has 4 atom stereocenters. The van der Waals surface area contributed by atoms with Crippen molar-refractivity contribution in [2.24, 2.45) is 5.92 Å². The summed E-state index contributed by atoms with van der Waals surface area (Å²) in [6, 6.07) is 75.5. The lowest BCUT2D eigenvalue weighted by Crippen LogP contribution is -2.44. The summed E-state index contributed by atoms with van der Waals surface area (Å²) in [6.07, 6.45) is 4.95. The fourth-order valence-electron chi connectivity index (χ4n) is 16.3. The largest absolute Gasteiger partial charge is 0.310 e. The summed E-state index contributed by atoms with van der Waals surface area (Å²) in [5, 5.41) is 3.27. The summed E-state index contributed by atoms with van der Waals surface area (Å²) >= 11 is 0. The third-order valence-electron chi connectivity index (χ3n) is 20.7. The Morgan fingerprint density at radius 1 is 0.380 bits per heavy atom. The van der Waals surface area contributed by atoms with E-state index >= 15 is 43.9 Å². The van der Waals surface area contributed by atoms with Crippen molar-refractivity contribution in [3.63, 3.8) is 0 Å². The molecule has 12 aromatic carbocycles. The van der Waals surface area contributed by atoms with Crippen LogP contribution in [0.25, 0.3) is 61.0 Å². The summed E-state index contributed by atoms with van der Waals surface area (Å²) in [4.78, 5) is 4.07. The van der Waals surface area contributed by atoms with Crippen molar-refractivity contribution in [1.82, 2.24) is 0 Å². The van der Waals surface area contributed by atoms with Gasteiger partial charge in [0, 0.05) is 44.5 Å². The minimum absolute atomic E-state index is 0.111. The lowest BCUT2D eigenvalue weighted by atomic mass is 9.62. The SMILES string of the molecule is C=CC1=CC=C(CC2(c3c(F)c(F)c(F)c(F)c3F)c3ccccc3-c3ccc(N(c4ccccc4)c4ccc(-c5ccc(N(c6ccccc6)c6ccc7c(c6)C(Cc6ccc(C=C)cc6)(C6C(F)=C(F)C(F)=C(F)C6F)c6ccccc6-7)c6ccccc56)c5ccccc45)cc32)CC1. The third kappa shape index (κ3) is 9.76. The molecular weight excluding hydrogens is 1270 g/mol. The quantitative estimate of drug-likeness (QED) is 0.0573. The smallest absolute Gasteiger partial charge is 0.200 e. The van der Waals surface area contributed by atoms with Gasteiger partial charge in [0.05, 0.1) is 22.7 Å².